The fourth-order valence-electron chi connectivity index (χ4n) is 17.0. The summed E-state index contributed by atoms with van der Waals surface area (Å²) in [5.74, 6) is 2.61. The van der Waals surface area contributed by atoms with Gasteiger partial charge in [0, 0.05) is 17.1 Å². The number of anilines is 3. The SMILES string of the molecule is c1ccc2c(c1)-c1ccccc1C21c2ccccc2-c2cc(N(c3ccc(-c4ccc(-c5ccc(C6CC7CCC6C7)cc5)cc4)cc3)c3ccc(-c4ccc5c(c4)C4(c6ccccc6-c6ccccc64)c4ccccc4-5)cc3)ccc21. The van der Waals surface area contributed by atoms with Gasteiger partial charge in [-0.15, -0.1) is 0 Å². The Morgan fingerprint density at radius 2 is 0.598 bits per heavy atom. The van der Waals surface area contributed by atoms with Crippen LogP contribution < -0.4 is 4.90 Å². The smallest absolute Gasteiger partial charge is 0.0725 e. The highest BCUT2D eigenvalue weighted by molar-refractivity contribution is 5.98. The lowest BCUT2D eigenvalue weighted by Gasteiger charge is -2.31. The third-order valence-electron chi connectivity index (χ3n) is 20.4. The molecule has 12 aromatic carbocycles. The molecule has 6 aliphatic carbocycles. The van der Waals surface area contributed by atoms with Crippen molar-refractivity contribution in [2.45, 2.75) is 42.4 Å². The van der Waals surface area contributed by atoms with Gasteiger partial charge in [-0.25, -0.2) is 0 Å². The van der Waals surface area contributed by atoms with E-state index in [0.717, 1.165) is 34.8 Å². The molecule has 0 aliphatic heterocycles. The second-order valence-corrected chi connectivity index (χ2v) is 24.2. The molecule has 12 aromatic rings. The van der Waals surface area contributed by atoms with E-state index in [1.165, 1.54) is 154 Å². The molecular formula is C81H57N. The first kappa shape index (κ1) is 46.2. The van der Waals surface area contributed by atoms with E-state index in [1.54, 1.807) is 0 Å². The van der Waals surface area contributed by atoms with E-state index in [2.05, 4.69) is 284 Å². The van der Waals surface area contributed by atoms with E-state index >= 15 is 0 Å². The molecule has 0 saturated heterocycles. The Balaban J connectivity index is 0.738. The molecule has 3 atom stereocenters. The predicted molar refractivity (Wildman–Crippen MR) is 338 cm³/mol. The molecule has 2 saturated carbocycles. The molecule has 6 aliphatic rings. The maximum absolute atomic E-state index is 2.49. The first-order chi connectivity index (χ1) is 40.6. The van der Waals surface area contributed by atoms with Crippen molar-refractivity contribution in [1.29, 1.82) is 0 Å². The highest BCUT2D eigenvalue weighted by Gasteiger charge is 2.53. The molecule has 1 heteroatoms. The third-order valence-corrected chi connectivity index (χ3v) is 20.4. The summed E-state index contributed by atoms with van der Waals surface area (Å²) >= 11 is 0. The van der Waals surface area contributed by atoms with Gasteiger partial charge < -0.3 is 4.90 Å². The summed E-state index contributed by atoms with van der Waals surface area (Å²) in [6.07, 6.45) is 5.68. The molecule has 0 heterocycles. The molecule has 0 amide bonds. The Labute approximate surface area is 480 Å². The van der Waals surface area contributed by atoms with Crippen molar-refractivity contribution in [1.82, 2.24) is 0 Å². The molecule has 2 fully saturated rings. The second-order valence-electron chi connectivity index (χ2n) is 24.2. The number of fused-ring (bicyclic) bond motifs is 22. The van der Waals surface area contributed by atoms with Crippen LogP contribution in [0.2, 0.25) is 0 Å². The minimum atomic E-state index is -0.404. The van der Waals surface area contributed by atoms with Gasteiger partial charge >= 0.3 is 0 Å². The monoisotopic (exact) mass is 1040 g/mol. The van der Waals surface area contributed by atoms with Gasteiger partial charge in [0.05, 0.1) is 10.8 Å². The van der Waals surface area contributed by atoms with Crippen LogP contribution in [0.4, 0.5) is 17.1 Å². The van der Waals surface area contributed by atoms with Gasteiger partial charge in [0.1, 0.15) is 0 Å². The van der Waals surface area contributed by atoms with Crippen LogP contribution in [-0.2, 0) is 10.8 Å². The number of hydrogen-bond acceptors (Lipinski definition) is 1. The summed E-state index contributed by atoms with van der Waals surface area (Å²) in [5.41, 5.74) is 32.8. The van der Waals surface area contributed by atoms with Gasteiger partial charge in [-0.3, -0.25) is 0 Å². The van der Waals surface area contributed by atoms with Crippen LogP contribution in [0.1, 0.15) is 81.7 Å². The Morgan fingerprint density at radius 1 is 0.256 bits per heavy atom. The van der Waals surface area contributed by atoms with Gasteiger partial charge in [0.2, 0.25) is 0 Å². The fraction of sp³-hybridized carbons (Fsp3) is 0.111. The molecule has 0 N–H and O–H groups in total. The van der Waals surface area contributed by atoms with Crippen LogP contribution in [0.15, 0.2) is 279 Å². The van der Waals surface area contributed by atoms with E-state index in [-0.39, 0.29) is 0 Å². The lowest BCUT2D eigenvalue weighted by atomic mass is 9.70. The quantitative estimate of drug-likeness (QED) is 0.154. The van der Waals surface area contributed by atoms with Crippen LogP contribution in [0.3, 0.4) is 0 Å². The van der Waals surface area contributed by atoms with Gasteiger partial charge in [0.25, 0.3) is 0 Å². The van der Waals surface area contributed by atoms with Crippen LogP contribution in [-0.4, -0.2) is 0 Å². The standard InChI is InChI=1S/C81H57N/c1-7-19-72-63(13-1)64-14-2-8-20-73(64)80(72)77-24-12-6-18-68(77)71-50-62(44-46-78(71)80)82(60-40-35-55(36-41-60)53-29-27-52(28-30-53)54-31-33-57(34-32-54)70-48-51-25-26-59(70)47-51)61-42-37-56(38-43-61)58-39-45-69-67-17-5-11-23-76(67)81(79(69)49-58)74-21-9-3-15-65(74)66-16-4-10-22-75(66)81/h1-24,27-46,49-51,59,70H,25-26,47-48H2. The Bertz CT molecular complexity index is 4470. The van der Waals surface area contributed by atoms with Gasteiger partial charge in [-0.05, 0) is 207 Å². The number of nitrogens with zero attached hydrogens (tertiary/aromatic N) is 1. The summed E-state index contributed by atoms with van der Waals surface area (Å²) in [6, 6.07) is 106. The first-order valence-corrected chi connectivity index (χ1v) is 29.7. The minimum absolute atomic E-state index is 0.395. The summed E-state index contributed by atoms with van der Waals surface area (Å²) in [6.45, 7) is 0. The summed E-state index contributed by atoms with van der Waals surface area (Å²) in [4.78, 5) is 2.46. The molecule has 0 aromatic heterocycles. The average molecular weight is 1040 g/mol. The van der Waals surface area contributed by atoms with Crippen molar-refractivity contribution >= 4 is 17.1 Å². The van der Waals surface area contributed by atoms with Crippen molar-refractivity contribution in [2.75, 3.05) is 4.90 Å². The highest BCUT2D eigenvalue weighted by Crippen LogP contribution is 2.65. The van der Waals surface area contributed by atoms with Crippen LogP contribution in [0.5, 0.6) is 0 Å². The Kier molecular flexibility index (Phi) is 9.85. The summed E-state index contributed by atoms with van der Waals surface area (Å²) < 4.78 is 0. The lowest BCUT2D eigenvalue weighted by molar-refractivity contribution is 0.420. The maximum atomic E-state index is 2.49. The van der Waals surface area contributed by atoms with Crippen molar-refractivity contribution in [2.24, 2.45) is 11.8 Å². The van der Waals surface area contributed by atoms with E-state index in [0.29, 0.717) is 0 Å². The van der Waals surface area contributed by atoms with Gasteiger partial charge in [-0.1, -0.05) is 243 Å². The normalized spacial score (nSPS) is 17.9. The highest BCUT2D eigenvalue weighted by atomic mass is 15.1. The molecule has 0 radical (unpaired) electrons. The van der Waals surface area contributed by atoms with Crippen molar-refractivity contribution in [3.63, 3.8) is 0 Å². The second kappa shape index (κ2) is 17.5. The first-order valence-electron chi connectivity index (χ1n) is 29.7. The van der Waals surface area contributed by atoms with Crippen molar-refractivity contribution in [3.8, 4) is 77.9 Å². The zero-order chi connectivity index (χ0) is 53.7. The molecule has 386 valence electrons. The van der Waals surface area contributed by atoms with Gasteiger partial charge in [-0.2, -0.15) is 0 Å². The van der Waals surface area contributed by atoms with Gasteiger partial charge in [0.15, 0.2) is 0 Å². The summed E-state index contributed by atoms with van der Waals surface area (Å²) in [7, 11) is 0. The zero-order valence-corrected chi connectivity index (χ0v) is 45.6. The van der Waals surface area contributed by atoms with Crippen LogP contribution in [0, 0.1) is 11.8 Å². The van der Waals surface area contributed by atoms with Crippen LogP contribution in [0.25, 0.3) is 77.9 Å². The molecule has 2 spiro atoms. The lowest BCUT2D eigenvalue weighted by Crippen LogP contribution is -2.25. The fourth-order valence-corrected chi connectivity index (χ4v) is 17.0. The van der Waals surface area contributed by atoms with E-state index in [1.807, 2.05) is 0 Å². The summed E-state index contributed by atoms with van der Waals surface area (Å²) in [5, 5.41) is 0. The molecular weight excluding hydrogens is 987 g/mol. The third kappa shape index (κ3) is 6.34. The topological polar surface area (TPSA) is 3.24 Å². The molecule has 3 unspecified atom stereocenters. The van der Waals surface area contributed by atoms with E-state index in [4.69, 9.17) is 0 Å². The molecule has 2 bridgehead atoms. The number of benzene rings is 12. The number of hydrogen-bond donors (Lipinski definition) is 0. The number of rotatable bonds is 7. The van der Waals surface area contributed by atoms with E-state index < -0.39 is 10.8 Å². The maximum Gasteiger partial charge on any atom is 0.0725 e. The molecule has 82 heavy (non-hydrogen) atoms. The largest absolute Gasteiger partial charge is 0.310 e. The van der Waals surface area contributed by atoms with Crippen molar-refractivity contribution in [3.05, 3.63) is 329 Å². The average Bonchev–Trinajstić information content (AvgIpc) is 1.72. The minimum Gasteiger partial charge on any atom is -0.310 e. The molecule has 18 rings (SSSR count). The van der Waals surface area contributed by atoms with Crippen LogP contribution >= 0.6 is 0 Å². The predicted octanol–water partition coefficient (Wildman–Crippen LogP) is 20.7. The Hall–Kier alpha value is -9.56. The van der Waals surface area contributed by atoms with E-state index in [9.17, 15) is 0 Å². The zero-order valence-electron chi connectivity index (χ0n) is 45.6. The molecule has 1 nitrogen and oxygen atoms in total. The van der Waals surface area contributed by atoms with Crippen molar-refractivity contribution < 1.29 is 0 Å². The Morgan fingerprint density at radius 3 is 1.02 bits per heavy atom.